The molecular formula is C17H19FO2. The first-order valence-electron chi connectivity index (χ1n) is 6.65. The van der Waals surface area contributed by atoms with E-state index >= 15 is 0 Å². The highest BCUT2D eigenvalue weighted by molar-refractivity contribution is 5.45. The Morgan fingerprint density at radius 1 is 1.15 bits per heavy atom. The van der Waals surface area contributed by atoms with Crippen LogP contribution in [-0.2, 0) is 12.0 Å². The Labute approximate surface area is 118 Å². The summed E-state index contributed by atoms with van der Waals surface area (Å²) in [5.41, 5.74) is 0.526. The maximum absolute atomic E-state index is 14.1. The molecule has 1 atom stereocenters. The first kappa shape index (κ1) is 14.5. The van der Waals surface area contributed by atoms with Crippen LogP contribution in [-0.4, -0.2) is 12.2 Å². The van der Waals surface area contributed by atoms with Crippen molar-refractivity contribution in [2.45, 2.75) is 25.9 Å². The van der Waals surface area contributed by atoms with Crippen LogP contribution >= 0.6 is 0 Å². The Morgan fingerprint density at radius 2 is 1.80 bits per heavy atom. The van der Waals surface area contributed by atoms with E-state index in [0.29, 0.717) is 11.3 Å². The Morgan fingerprint density at radius 3 is 2.35 bits per heavy atom. The molecular weight excluding hydrogens is 255 g/mol. The highest BCUT2D eigenvalue weighted by Gasteiger charge is 2.32. The summed E-state index contributed by atoms with van der Waals surface area (Å²) in [6.45, 7) is 3.64. The third kappa shape index (κ3) is 2.54. The van der Waals surface area contributed by atoms with Gasteiger partial charge in [0.25, 0.3) is 0 Å². The standard InChI is InChI=1S/C17H19FO2/c1-4-12-8-10-13(11-9-12)17(2,19)16-14(18)6-5-7-15(16)20-3/h5-11,19H,4H2,1-3H3. The van der Waals surface area contributed by atoms with Gasteiger partial charge in [0.15, 0.2) is 0 Å². The Hall–Kier alpha value is -1.87. The van der Waals surface area contributed by atoms with Crippen LogP contribution in [0.1, 0.15) is 30.5 Å². The lowest BCUT2D eigenvalue weighted by Gasteiger charge is -2.27. The van der Waals surface area contributed by atoms with Gasteiger partial charge in [0.1, 0.15) is 17.2 Å². The van der Waals surface area contributed by atoms with Crippen LogP contribution in [0.2, 0.25) is 0 Å². The normalized spacial score (nSPS) is 13.8. The van der Waals surface area contributed by atoms with E-state index in [1.165, 1.54) is 18.7 Å². The number of aliphatic hydroxyl groups is 1. The molecule has 0 fully saturated rings. The molecule has 0 bridgehead atoms. The molecule has 0 aliphatic rings. The molecule has 0 amide bonds. The van der Waals surface area contributed by atoms with E-state index in [1.54, 1.807) is 19.1 Å². The first-order chi connectivity index (χ1) is 9.50. The quantitative estimate of drug-likeness (QED) is 0.922. The van der Waals surface area contributed by atoms with Gasteiger partial charge >= 0.3 is 0 Å². The SMILES string of the molecule is CCc1ccc(C(C)(O)c2c(F)cccc2OC)cc1. The lowest BCUT2D eigenvalue weighted by molar-refractivity contribution is 0.0945. The number of ether oxygens (including phenoxy) is 1. The van der Waals surface area contributed by atoms with Gasteiger partial charge in [-0.05, 0) is 36.6 Å². The van der Waals surface area contributed by atoms with E-state index in [4.69, 9.17) is 4.74 Å². The molecule has 2 aromatic rings. The van der Waals surface area contributed by atoms with Crippen LogP contribution in [0, 0.1) is 5.82 Å². The molecule has 0 aliphatic carbocycles. The fourth-order valence-electron chi connectivity index (χ4n) is 2.36. The molecule has 0 heterocycles. The number of benzene rings is 2. The van der Waals surface area contributed by atoms with E-state index < -0.39 is 11.4 Å². The van der Waals surface area contributed by atoms with Crippen molar-refractivity contribution in [3.63, 3.8) is 0 Å². The van der Waals surface area contributed by atoms with Crippen molar-refractivity contribution in [3.05, 3.63) is 65.0 Å². The number of aryl methyl sites for hydroxylation is 1. The van der Waals surface area contributed by atoms with Crippen molar-refractivity contribution >= 4 is 0 Å². The van der Waals surface area contributed by atoms with Crippen LogP contribution in [0.5, 0.6) is 5.75 Å². The largest absolute Gasteiger partial charge is 0.496 e. The topological polar surface area (TPSA) is 29.5 Å². The molecule has 2 aromatic carbocycles. The number of hydrogen-bond donors (Lipinski definition) is 1. The number of rotatable bonds is 4. The van der Waals surface area contributed by atoms with E-state index in [2.05, 4.69) is 6.92 Å². The summed E-state index contributed by atoms with van der Waals surface area (Å²) in [4.78, 5) is 0. The molecule has 2 nitrogen and oxygen atoms in total. The third-order valence-corrected chi connectivity index (χ3v) is 3.61. The fourth-order valence-corrected chi connectivity index (χ4v) is 2.36. The second-order valence-electron chi connectivity index (χ2n) is 4.94. The Kier molecular flexibility index (Phi) is 4.09. The lowest BCUT2D eigenvalue weighted by atomic mass is 9.86. The van der Waals surface area contributed by atoms with Crippen LogP contribution < -0.4 is 4.74 Å². The summed E-state index contributed by atoms with van der Waals surface area (Å²) in [6.07, 6.45) is 0.922. The average Bonchev–Trinajstić information content (AvgIpc) is 2.46. The van der Waals surface area contributed by atoms with Crippen molar-refractivity contribution in [1.82, 2.24) is 0 Å². The van der Waals surface area contributed by atoms with Gasteiger partial charge in [0.2, 0.25) is 0 Å². The third-order valence-electron chi connectivity index (χ3n) is 3.61. The predicted octanol–water partition coefficient (Wildman–Crippen LogP) is 3.65. The van der Waals surface area contributed by atoms with Crippen molar-refractivity contribution in [1.29, 1.82) is 0 Å². The molecule has 0 radical (unpaired) electrons. The van der Waals surface area contributed by atoms with Crippen molar-refractivity contribution in [3.8, 4) is 5.75 Å². The summed E-state index contributed by atoms with van der Waals surface area (Å²) in [7, 11) is 1.47. The molecule has 20 heavy (non-hydrogen) atoms. The molecule has 106 valence electrons. The molecule has 1 N–H and O–H groups in total. The van der Waals surface area contributed by atoms with Crippen LogP contribution in [0.4, 0.5) is 4.39 Å². The second kappa shape index (κ2) is 5.63. The molecule has 0 spiro atoms. The molecule has 0 saturated carbocycles. The number of methoxy groups -OCH3 is 1. The summed E-state index contributed by atoms with van der Waals surface area (Å²) in [5, 5.41) is 10.8. The summed E-state index contributed by atoms with van der Waals surface area (Å²) in [5.74, 6) is -0.136. The highest BCUT2D eigenvalue weighted by atomic mass is 19.1. The maximum Gasteiger partial charge on any atom is 0.133 e. The summed E-state index contributed by atoms with van der Waals surface area (Å²) < 4.78 is 19.3. The second-order valence-corrected chi connectivity index (χ2v) is 4.94. The van der Waals surface area contributed by atoms with Gasteiger partial charge in [0, 0.05) is 0 Å². The predicted molar refractivity (Wildman–Crippen MR) is 77.4 cm³/mol. The monoisotopic (exact) mass is 274 g/mol. The zero-order valence-electron chi connectivity index (χ0n) is 12.0. The van der Waals surface area contributed by atoms with E-state index in [-0.39, 0.29) is 5.56 Å². The van der Waals surface area contributed by atoms with Crippen LogP contribution in [0.15, 0.2) is 42.5 Å². The smallest absolute Gasteiger partial charge is 0.133 e. The van der Waals surface area contributed by atoms with E-state index in [9.17, 15) is 9.50 Å². The minimum atomic E-state index is -1.44. The minimum Gasteiger partial charge on any atom is -0.496 e. The van der Waals surface area contributed by atoms with Gasteiger partial charge in [-0.3, -0.25) is 0 Å². The lowest BCUT2D eigenvalue weighted by Crippen LogP contribution is -2.25. The van der Waals surface area contributed by atoms with Gasteiger partial charge in [0.05, 0.1) is 12.7 Å². The fraction of sp³-hybridized carbons (Fsp3) is 0.294. The molecule has 2 rings (SSSR count). The Balaban J connectivity index is 2.53. The molecule has 0 aromatic heterocycles. The zero-order valence-corrected chi connectivity index (χ0v) is 12.0. The summed E-state index contributed by atoms with van der Waals surface area (Å²) >= 11 is 0. The molecule has 0 aliphatic heterocycles. The van der Waals surface area contributed by atoms with E-state index in [1.807, 2.05) is 24.3 Å². The zero-order chi connectivity index (χ0) is 14.8. The van der Waals surface area contributed by atoms with Gasteiger partial charge in [-0.1, -0.05) is 37.3 Å². The number of halogens is 1. The maximum atomic E-state index is 14.1. The van der Waals surface area contributed by atoms with Gasteiger partial charge < -0.3 is 9.84 Å². The van der Waals surface area contributed by atoms with Crippen molar-refractivity contribution < 1.29 is 14.2 Å². The van der Waals surface area contributed by atoms with Crippen LogP contribution in [0.25, 0.3) is 0 Å². The van der Waals surface area contributed by atoms with Gasteiger partial charge in [-0.25, -0.2) is 4.39 Å². The van der Waals surface area contributed by atoms with Crippen molar-refractivity contribution in [2.75, 3.05) is 7.11 Å². The van der Waals surface area contributed by atoms with Crippen LogP contribution in [0.3, 0.4) is 0 Å². The molecule has 3 heteroatoms. The van der Waals surface area contributed by atoms with Gasteiger partial charge in [-0.15, -0.1) is 0 Å². The Bertz CT molecular complexity index is 588. The minimum absolute atomic E-state index is 0.159. The summed E-state index contributed by atoms with van der Waals surface area (Å²) in [6, 6.07) is 12.1. The first-order valence-corrected chi connectivity index (χ1v) is 6.65. The average molecular weight is 274 g/mol. The number of hydrogen-bond acceptors (Lipinski definition) is 2. The van der Waals surface area contributed by atoms with E-state index in [0.717, 1.165) is 6.42 Å². The highest BCUT2D eigenvalue weighted by Crippen LogP contribution is 2.37. The molecule has 0 saturated heterocycles. The molecule has 1 unspecified atom stereocenters. The van der Waals surface area contributed by atoms with Gasteiger partial charge in [-0.2, -0.15) is 0 Å². The van der Waals surface area contributed by atoms with Crippen molar-refractivity contribution in [2.24, 2.45) is 0 Å².